The number of nitrogens with one attached hydrogen (secondary N) is 2. The number of benzene rings is 1. The molecule has 116 valence electrons. The summed E-state index contributed by atoms with van der Waals surface area (Å²) >= 11 is 6.17. The van der Waals surface area contributed by atoms with E-state index in [4.69, 9.17) is 16.3 Å². The van der Waals surface area contributed by atoms with Crippen LogP contribution in [0.5, 0.6) is 5.75 Å². The van der Waals surface area contributed by atoms with E-state index in [1.54, 1.807) is 12.1 Å². The third kappa shape index (κ3) is 4.61. The number of hydrogen-bond donors (Lipinski definition) is 2. The average molecular weight is 311 g/mol. The second-order valence-corrected chi connectivity index (χ2v) is 5.97. The van der Waals surface area contributed by atoms with Gasteiger partial charge in [0.25, 0.3) is 0 Å². The summed E-state index contributed by atoms with van der Waals surface area (Å²) in [6.45, 7) is 5.68. The molecule has 0 radical (unpaired) electrons. The molecule has 1 saturated heterocycles. The Morgan fingerprint density at radius 1 is 1.52 bits per heavy atom. The van der Waals surface area contributed by atoms with Gasteiger partial charge >= 0.3 is 0 Å². The molecule has 0 aliphatic carbocycles. The third-order valence-electron chi connectivity index (χ3n) is 3.66. The molecule has 2 atom stereocenters. The second kappa shape index (κ2) is 7.66. The number of anilines is 1. The SMILES string of the molecule is CCCOc1ccc(NC(=O)C2CCNC(C)C2)cc1Cl. The van der Waals surface area contributed by atoms with E-state index in [9.17, 15) is 4.79 Å². The predicted molar refractivity (Wildman–Crippen MR) is 86.1 cm³/mol. The largest absolute Gasteiger partial charge is 0.492 e. The van der Waals surface area contributed by atoms with Crippen LogP contribution in [-0.4, -0.2) is 25.1 Å². The number of piperidine rings is 1. The maximum absolute atomic E-state index is 12.3. The number of rotatable bonds is 5. The van der Waals surface area contributed by atoms with Crippen molar-refractivity contribution in [2.45, 2.75) is 39.2 Å². The maximum atomic E-state index is 12.3. The Balaban J connectivity index is 1.96. The Morgan fingerprint density at radius 2 is 2.33 bits per heavy atom. The lowest BCUT2D eigenvalue weighted by atomic mass is 9.92. The van der Waals surface area contributed by atoms with Crippen molar-refractivity contribution in [1.29, 1.82) is 0 Å². The van der Waals surface area contributed by atoms with E-state index in [0.717, 1.165) is 31.5 Å². The lowest BCUT2D eigenvalue weighted by molar-refractivity contribution is -0.120. The first-order chi connectivity index (χ1) is 10.1. The van der Waals surface area contributed by atoms with Crippen LogP contribution >= 0.6 is 11.6 Å². The van der Waals surface area contributed by atoms with Gasteiger partial charge in [-0.3, -0.25) is 4.79 Å². The second-order valence-electron chi connectivity index (χ2n) is 5.56. The van der Waals surface area contributed by atoms with Crippen LogP contribution in [-0.2, 0) is 4.79 Å². The minimum atomic E-state index is 0.0658. The Labute approximate surface area is 131 Å². The van der Waals surface area contributed by atoms with Crippen LogP contribution in [0.25, 0.3) is 0 Å². The van der Waals surface area contributed by atoms with Gasteiger partial charge in [0.15, 0.2) is 0 Å². The van der Waals surface area contributed by atoms with Gasteiger partial charge in [0.1, 0.15) is 5.75 Å². The molecule has 1 aromatic carbocycles. The van der Waals surface area contributed by atoms with Gasteiger partial charge in [-0.2, -0.15) is 0 Å². The highest BCUT2D eigenvalue weighted by Gasteiger charge is 2.24. The summed E-state index contributed by atoms with van der Waals surface area (Å²) in [6, 6.07) is 5.77. The van der Waals surface area contributed by atoms with Crippen molar-refractivity contribution in [3.63, 3.8) is 0 Å². The highest BCUT2D eigenvalue weighted by Crippen LogP contribution is 2.28. The third-order valence-corrected chi connectivity index (χ3v) is 3.95. The van der Waals surface area contributed by atoms with Gasteiger partial charge in [-0.1, -0.05) is 18.5 Å². The fraction of sp³-hybridized carbons (Fsp3) is 0.562. The van der Waals surface area contributed by atoms with E-state index in [2.05, 4.69) is 17.6 Å². The number of hydrogen-bond acceptors (Lipinski definition) is 3. The fourth-order valence-corrected chi connectivity index (χ4v) is 2.76. The zero-order chi connectivity index (χ0) is 15.2. The van der Waals surface area contributed by atoms with E-state index in [1.165, 1.54) is 0 Å². The zero-order valence-electron chi connectivity index (χ0n) is 12.6. The molecule has 1 fully saturated rings. The number of carbonyl (C=O) groups is 1. The van der Waals surface area contributed by atoms with Crippen LogP contribution in [0.1, 0.15) is 33.1 Å². The molecule has 1 aromatic rings. The van der Waals surface area contributed by atoms with Gasteiger partial charge in [0, 0.05) is 17.6 Å². The lowest BCUT2D eigenvalue weighted by Gasteiger charge is -2.27. The molecule has 1 aliphatic heterocycles. The fourth-order valence-electron chi connectivity index (χ4n) is 2.52. The van der Waals surface area contributed by atoms with Crippen LogP contribution in [0.4, 0.5) is 5.69 Å². The van der Waals surface area contributed by atoms with Crippen molar-refractivity contribution < 1.29 is 9.53 Å². The first-order valence-electron chi connectivity index (χ1n) is 7.56. The Kier molecular flexibility index (Phi) is 5.88. The zero-order valence-corrected chi connectivity index (χ0v) is 13.4. The average Bonchev–Trinajstić information content (AvgIpc) is 2.46. The summed E-state index contributed by atoms with van der Waals surface area (Å²) < 4.78 is 5.52. The summed E-state index contributed by atoms with van der Waals surface area (Å²) in [5, 5.41) is 6.83. The summed E-state index contributed by atoms with van der Waals surface area (Å²) in [6.07, 6.45) is 2.68. The topological polar surface area (TPSA) is 50.4 Å². The number of halogens is 1. The highest BCUT2D eigenvalue weighted by molar-refractivity contribution is 6.32. The highest BCUT2D eigenvalue weighted by atomic mass is 35.5. The number of amides is 1. The molecule has 0 saturated carbocycles. The Bertz CT molecular complexity index is 493. The minimum absolute atomic E-state index is 0.0658. The summed E-state index contributed by atoms with van der Waals surface area (Å²) in [5.74, 6) is 0.796. The molecule has 1 aliphatic rings. The summed E-state index contributed by atoms with van der Waals surface area (Å²) in [5.41, 5.74) is 0.722. The monoisotopic (exact) mass is 310 g/mol. The standard InChI is InChI=1S/C16H23ClN2O2/c1-3-8-21-15-5-4-13(10-14(15)17)19-16(20)12-6-7-18-11(2)9-12/h4-5,10-12,18H,3,6-9H2,1-2H3,(H,19,20). The quantitative estimate of drug-likeness (QED) is 0.875. The van der Waals surface area contributed by atoms with Gasteiger partial charge in [-0.05, 0) is 50.9 Å². The predicted octanol–water partition coefficient (Wildman–Crippen LogP) is 3.46. The molecule has 2 N–H and O–H groups in total. The van der Waals surface area contributed by atoms with Crippen LogP contribution in [0.15, 0.2) is 18.2 Å². The van der Waals surface area contributed by atoms with Crippen molar-refractivity contribution in [3.05, 3.63) is 23.2 Å². The van der Waals surface area contributed by atoms with Crippen LogP contribution < -0.4 is 15.4 Å². The molecule has 5 heteroatoms. The molecule has 0 bridgehead atoms. The minimum Gasteiger partial charge on any atom is -0.492 e. The molecule has 0 aromatic heterocycles. The van der Waals surface area contributed by atoms with Gasteiger partial charge < -0.3 is 15.4 Å². The van der Waals surface area contributed by atoms with E-state index < -0.39 is 0 Å². The van der Waals surface area contributed by atoms with E-state index in [0.29, 0.717) is 23.4 Å². The molecule has 0 spiro atoms. The lowest BCUT2D eigenvalue weighted by Crippen LogP contribution is -2.40. The molecule has 1 amide bonds. The van der Waals surface area contributed by atoms with Crippen molar-refractivity contribution in [1.82, 2.24) is 5.32 Å². The first-order valence-corrected chi connectivity index (χ1v) is 7.94. The number of carbonyl (C=O) groups excluding carboxylic acids is 1. The molecular formula is C16H23ClN2O2. The van der Waals surface area contributed by atoms with Gasteiger partial charge in [0.05, 0.1) is 11.6 Å². The van der Waals surface area contributed by atoms with Crippen molar-refractivity contribution in [2.24, 2.45) is 5.92 Å². The van der Waals surface area contributed by atoms with Crippen LogP contribution in [0, 0.1) is 5.92 Å². The summed E-state index contributed by atoms with van der Waals surface area (Å²) in [7, 11) is 0. The van der Waals surface area contributed by atoms with E-state index >= 15 is 0 Å². The summed E-state index contributed by atoms with van der Waals surface area (Å²) in [4.78, 5) is 12.3. The molecule has 2 rings (SSSR count). The molecule has 2 unspecified atom stereocenters. The van der Waals surface area contributed by atoms with Crippen molar-refractivity contribution in [2.75, 3.05) is 18.5 Å². The van der Waals surface area contributed by atoms with Crippen LogP contribution in [0.3, 0.4) is 0 Å². The smallest absolute Gasteiger partial charge is 0.227 e. The van der Waals surface area contributed by atoms with E-state index in [-0.39, 0.29) is 11.8 Å². The molecule has 4 nitrogen and oxygen atoms in total. The number of ether oxygens (including phenoxy) is 1. The van der Waals surface area contributed by atoms with Crippen molar-refractivity contribution in [3.8, 4) is 5.75 Å². The Morgan fingerprint density at radius 3 is 3.00 bits per heavy atom. The first kappa shape index (κ1) is 16.1. The van der Waals surface area contributed by atoms with Gasteiger partial charge in [-0.15, -0.1) is 0 Å². The van der Waals surface area contributed by atoms with Gasteiger partial charge in [-0.25, -0.2) is 0 Å². The van der Waals surface area contributed by atoms with E-state index in [1.807, 2.05) is 13.0 Å². The molecule has 1 heterocycles. The molecular weight excluding hydrogens is 288 g/mol. The van der Waals surface area contributed by atoms with Crippen LogP contribution in [0.2, 0.25) is 5.02 Å². The maximum Gasteiger partial charge on any atom is 0.227 e. The Hall–Kier alpha value is -1.26. The normalized spacial score (nSPS) is 21.9. The van der Waals surface area contributed by atoms with Gasteiger partial charge in [0.2, 0.25) is 5.91 Å². The molecule has 21 heavy (non-hydrogen) atoms. The van der Waals surface area contributed by atoms with Crippen molar-refractivity contribution >= 4 is 23.2 Å².